The Morgan fingerprint density at radius 2 is 1.58 bits per heavy atom. The van der Waals surface area contributed by atoms with E-state index in [0.29, 0.717) is 5.56 Å². The molecule has 0 fully saturated rings. The number of aliphatic hydroxyl groups excluding tert-OH is 2. The van der Waals surface area contributed by atoms with Crippen LogP contribution in [-0.2, 0) is 25.6 Å². The molecule has 0 saturated heterocycles. The van der Waals surface area contributed by atoms with Crippen LogP contribution in [0.15, 0.2) is 30.3 Å². The van der Waals surface area contributed by atoms with Crippen molar-refractivity contribution >= 4 is 36.3 Å². The minimum atomic E-state index is -1.46. The maximum Gasteiger partial charge on any atom is 0.326 e. The molecule has 1 aromatic carbocycles. The fourth-order valence-corrected chi connectivity index (χ4v) is 2.78. The van der Waals surface area contributed by atoms with Crippen molar-refractivity contribution in [3.8, 4) is 0 Å². The van der Waals surface area contributed by atoms with Crippen LogP contribution in [0.2, 0.25) is 0 Å². The number of carbonyl (C=O) groups is 4. The summed E-state index contributed by atoms with van der Waals surface area (Å²) >= 11 is 4.01. The third-order valence-corrected chi connectivity index (χ3v) is 4.67. The maximum absolute atomic E-state index is 12.5. The summed E-state index contributed by atoms with van der Waals surface area (Å²) in [4.78, 5) is 48.4. The molecule has 0 aliphatic rings. The summed E-state index contributed by atoms with van der Waals surface area (Å²) < 4.78 is 0. The molecule has 5 atom stereocenters. The third kappa shape index (κ3) is 8.53. The van der Waals surface area contributed by atoms with Crippen LogP contribution in [0.1, 0.15) is 12.5 Å². The number of aliphatic carboxylic acids is 1. The summed E-state index contributed by atoms with van der Waals surface area (Å²) in [6.07, 6.45) is -1.32. The molecule has 11 nitrogen and oxygen atoms in total. The van der Waals surface area contributed by atoms with Crippen LogP contribution in [0.25, 0.3) is 0 Å². The Kier molecular flexibility index (Phi) is 11.0. The largest absolute Gasteiger partial charge is 0.480 e. The van der Waals surface area contributed by atoms with E-state index in [2.05, 4.69) is 28.6 Å². The Morgan fingerprint density at radius 1 is 1.00 bits per heavy atom. The highest BCUT2D eigenvalue weighted by Crippen LogP contribution is 2.05. The van der Waals surface area contributed by atoms with E-state index in [1.807, 2.05) is 0 Å². The van der Waals surface area contributed by atoms with Gasteiger partial charge < -0.3 is 37.0 Å². The second-order valence-corrected chi connectivity index (χ2v) is 7.21. The van der Waals surface area contributed by atoms with Crippen LogP contribution < -0.4 is 21.7 Å². The number of carboxylic acid groups (broad SMARTS) is 1. The monoisotopic (exact) mass is 456 g/mol. The lowest BCUT2D eigenvalue weighted by molar-refractivity contribution is -0.142. The average molecular weight is 457 g/mol. The van der Waals surface area contributed by atoms with Crippen molar-refractivity contribution in [2.24, 2.45) is 5.73 Å². The zero-order chi connectivity index (χ0) is 23.6. The maximum atomic E-state index is 12.5. The van der Waals surface area contributed by atoms with Crippen molar-refractivity contribution in [3.05, 3.63) is 35.9 Å². The normalized spacial score (nSPS) is 15.6. The number of nitrogens with one attached hydrogen (secondary N) is 3. The van der Waals surface area contributed by atoms with Crippen LogP contribution in [-0.4, -0.2) is 81.6 Å². The Morgan fingerprint density at radius 3 is 2.06 bits per heavy atom. The summed E-state index contributed by atoms with van der Waals surface area (Å²) in [6.45, 7) is 0.574. The summed E-state index contributed by atoms with van der Waals surface area (Å²) in [5, 5.41) is 35.0. The number of hydrogen-bond acceptors (Lipinski definition) is 8. The Labute approximate surface area is 184 Å². The molecular formula is C19H28N4O7S. The fourth-order valence-electron chi connectivity index (χ4n) is 2.53. The molecule has 0 aliphatic carbocycles. The van der Waals surface area contributed by atoms with Crippen molar-refractivity contribution < 1.29 is 34.5 Å². The summed E-state index contributed by atoms with van der Waals surface area (Å²) in [6, 6.07) is 3.43. The second kappa shape index (κ2) is 12.9. The van der Waals surface area contributed by atoms with Gasteiger partial charge in [-0.3, -0.25) is 14.4 Å². The van der Waals surface area contributed by atoms with Gasteiger partial charge in [0.25, 0.3) is 0 Å². The number of benzene rings is 1. The van der Waals surface area contributed by atoms with Gasteiger partial charge in [-0.2, -0.15) is 12.6 Å². The van der Waals surface area contributed by atoms with Gasteiger partial charge in [0.05, 0.1) is 12.7 Å². The van der Waals surface area contributed by atoms with Crippen molar-refractivity contribution in [1.82, 2.24) is 16.0 Å². The molecule has 1 rings (SSSR count). The van der Waals surface area contributed by atoms with Crippen LogP contribution in [0.3, 0.4) is 0 Å². The minimum absolute atomic E-state index is 0.0283. The molecule has 0 aromatic heterocycles. The molecule has 12 heteroatoms. The Bertz CT molecular complexity index is 763. The van der Waals surface area contributed by atoms with Crippen molar-refractivity contribution in [1.29, 1.82) is 0 Å². The molecular weight excluding hydrogens is 428 g/mol. The molecule has 0 radical (unpaired) electrons. The summed E-state index contributed by atoms with van der Waals surface area (Å²) in [5.41, 5.74) is 6.07. The molecule has 172 valence electrons. The number of carboxylic acids is 1. The zero-order valence-electron chi connectivity index (χ0n) is 16.9. The van der Waals surface area contributed by atoms with Gasteiger partial charge in [-0.1, -0.05) is 30.3 Å². The molecule has 5 unspecified atom stereocenters. The lowest BCUT2D eigenvalue weighted by Crippen LogP contribution is -2.60. The third-order valence-electron chi connectivity index (χ3n) is 4.31. The highest BCUT2D eigenvalue weighted by Gasteiger charge is 2.31. The number of nitrogens with two attached hydrogens (primary N) is 1. The molecule has 0 heterocycles. The average Bonchev–Trinajstić information content (AvgIpc) is 2.74. The van der Waals surface area contributed by atoms with Crippen molar-refractivity contribution in [2.75, 3.05) is 12.4 Å². The SMILES string of the molecule is CC(O)C(NC(=O)C(N)CO)C(=O)NC(CS)C(=O)NC(Cc1ccccc1)C(=O)O. The molecule has 8 N–H and O–H groups in total. The fraction of sp³-hybridized carbons (Fsp3) is 0.474. The van der Waals surface area contributed by atoms with E-state index in [4.69, 9.17) is 10.8 Å². The van der Waals surface area contributed by atoms with Crippen LogP contribution in [0, 0.1) is 0 Å². The number of hydrogen-bond donors (Lipinski definition) is 8. The summed E-state index contributed by atoms with van der Waals surface area (Å²) in [5.74, 6) is -4.00. The lowest BCUT2D eigenvalue weighted by Gasteiger charge is -2.25. The number of rotatable bonds is 12. The van der Waals surface area contributed by atoms with E-state index in [0.717, 1.165) is 0 Å². The first-order valence-corrected chi connectivity index (χ1v) is 10.1. The Balaban J connectivity index is 2.83. The Hall–Kier alpha value is -2.67. The summed E-state index contributed by atoms with van der Waals surface area (Å²) in [7, 11) is 0. The van der Waals surface area contributed by atoms with E-state index in [1.165, 1.54) is 6.92 Å². The van der Waals surface area contributed by atoms with Gasteiger partial charge in [0.2, 0.25) is 17.7 Å². The lowest BCUT2D eigenvalue weighted by atomic mass is 10.1. The van der Waals surface area contributed by atoms with E-state index >= 15 is 0 Å². The number of amides is 3. The molecule has 0 bridgehead atoms. The van der Waals surface area contributed by atoms with Gasteiger partial charge >= 0.3 is 5.97 Å². The van der Waals surface area contributed by atoms with Gasteiger partial charge in [0.15, 0.2) is 0 Å². The smallest absolute Gasteiger partial charge is 0.326 e. The van der Waals surface area contributed by atoms with Gasteiger partial charge in [0.1, 0.15) is 24.2 Å². The van der Waals surface area contributed by atoms with Crippen LogP contribution in [0.4, 0.5) is 0 Å². The van der Waals surface area contributed by atoms with Crippen LogP contribution >= 0.6 is 12.6 Å². The predicted molar refractivity (Wildman–Crippen MR) is 114 cm³/mol. The van der Waals surface area contributed by atoms with Gasteiger partial charge in [-0.25, -0.2) is 4.79 Å². The topological polar surface area (TPSA) is 191 Å². The van der Waals surface area contributed by atoms with Gasteiger partial charge in [-0.05, 0) is 12.5 Å². The molecule has 3 amide bonds. The van der Waals surface area contributed by atoms with E-state index < -0.39 is 60.6 Å². The van der Waals surface area contributed by atoms with Gasteiger partial charge in [0, 0.05) is 12.2 Å². The predicted octanol–water partition coefficient (Wildman–Crippen LogP) is -2.60. The van der Waals surface area contributed by atoms with Crippen molar-refractivity contribution in [3.63, 3.8) is 0 Å². The molecule has 31 heavy (non-hydrogen) atoms. The van der Waals surface area contributed by atoms with E-state index in [1.54, 1.807) is 30.3 Å². The standard InChI is InChI=1S/C19H28N4O7S/c1-10(25)15(23-16(26)12(20)8-24)18(28)22-14(9-31)17(27)21-13(19(29)30)7-11-5-3-2-4-6-11/h2-6,10,12-15,24-25,31H,7-9,20H2,1H3,(H,21,27)(H,22,28)(H,23,26)(H,29,30). The van der Waals surface area contributed by atoms with Gasteiger partial charge in [-0.15, -0.1) is 0 Å². The molecule has 0 spiro atoms. The zero-order valence-corrected chi connectivity index (χ0v) is 17.8. The number of carbonyl (C=O) groups excluding carboxylic acids is 3. The quantitative estimate of drug-likeness (QED) is 0.157. The van der Waals surface area contributed by atoms with E-state index in [9.17, 15) is 29.4 Å². The first-order chi connectivity index (χ1) is 14.6. The number of aliphatic hydroxyl groups is 2. The first-order valence-electron chi connectivity index (χ1n) is 9.43. The molecule has 1 aromatic rings. The van der Waals surface area contributed by atoms with E-state index in [-0.39, 0.29) is 12.2 Å². The second-order valence-electron chi connectivity index (χ2n) is 6.85. The minimum Gasteiger partial charge on any atom is -0.480 e. The molecule has 0 aliphatic heterocycles. The van der Waals surface area contributed by atoms with Crippen molar-refractivity contribution in [2.45, 2.75) is 43.6 Å². The highest BCUT2D eigenvalue weighted by molar-refractivity contribution is 7.80. The molecule has 0 saturated carbocycles. The van der Waals surface area contributed by atoms with Crippen LogP contribution in [0.5, 0.6) is 0 Å². The number of thiol groups is 1. The first kappa shape index (κ1) is 26.4. The highest BCUT2D eigenvalue weighted by atomic mass is 32.1.